The molecule has 1 heterocycles. The second kappa shape index (κ2) is 5.98. The molecule has 0 amide bonds. The van der Waals surface area contributed by atoms with Crippen molar-refractivity contribution in [2.24, 2.45) is 0 Å². The van der Waals surface area contributed by atoms with E-state index in [1.807, 2.05) is 6.92 Å². The Morgan fingerprint density at radius 1 is 1.21 bits per heavy atom. The molecule has 3 rings (SSSR count). The second-order valence-electron chi connectivity index (χ2n) is 5.02. The molecule has 2 aromatic carbocycles. The van der Waals surface area contributed by atoms with E-state index in [4.69, 9.17) is 10.00 Å². The van der Waals surface area contributed by atoms with Crippen LogP contribution < -0.4 is 9.64 Å². The maximum atomic E-state index is 13.7. The van der Waals surface area contributed by atoms with E-state index in [0.29, 0.717) is 18.0 Å². The normalized spacial score (nSPS) is 15.2. The minimum absolute atomic E-state index is 0.100. The number of nitrogens with zero attached hydrogens (tertiary/aromatic N) is 2. The highest BCUT2D eigenvalue weighted by Gasteiger charge is 2.32. The summed E-state index contributed by atoms with van der Waals surface area (Å²) >= 11 is 0. The summed E-state index contributed by atoms with van der Waals surface area (Å²) in [6, 6.07) is 11.9. The van der Waals surface area contributed by atoms with Crippen LogP contribution in [0.1, 0.15) is 6.92 Å². The van der Waals surface area contributed by atoms with E-state index in [2.05, 4.69) is 0 Å². The van der Waals surface area contributed by atoms with E-state index in [0.717, 1.165) is 12.1 Å². The van der Waals surface area contributed by atoms with Crippen LogP contribution in [0.15, 0.2) is 58.5 Å². The minimum atomic E-state index is -3.94. The first-order valence-electron chi connectivity index (χ1n) is 7.16. The number of rotatable bonds is 3. The predicted molar refractivity (Wildman–Crippen MR) is 87.0 cm³/mol. The van der Waals surface area contributed by atoms with Gasteiger partial charge < -0.3 is 9.64 Å². The fourth-order valence-electron chi connectivity index (χ4n) is 2.45. The van der Waals surface area contributed by atoms with E-state index in [1.165, 1.54) is 17.2 Å². The molecule has 122 valence electrons. The molecular weight excluding hydrogens is 331 g/mol. The Kier molecular flexibility index (Phi) is 3.99. The lowest BCUT2D eigenvalue weighted by atomic mass is 10.2. The van der Waals surface area contributed by atoms with Gasteiger partial charge in [0.05, 0.1) is 17.2 Å². The number of ether oxygens (including phenoxy) is 1. The summed E-state index contributed by atoms with van der Waals surface area (Å²) in [5, 5.41) is 9.17. The van der Waals surface area contributed by atoms with Gasteiger partial charge in [-0.1, -0.05) is 0 Å². The number of fused-ring (bicyclic) bond motifs is 1. The molecular formula is C17H13FN2O3S. The van der Waals surface area contributed by atoms with Crippen LogP contribution >= 0.6 is 0 Å². The van der Waals surface area contributed by atoms with Crippen LogP contribution in [0.25, 0.3) is 0 Å². The lowest BCUT2D eigenvalue weighted by Gasteiger charge is -2.27. The Morgan fingerprint density at radius 2 is 1.92 bits per heavy atom. The van der Waals surface area contributed by atoms with Crippen LogP contribution in [0.3, 0.4) is 0 Å². The molecule has 0 N–H and O–H groups in total. The third-order valence-corrected chi connectivity index (χ3v) is 5.24. The van der Waals surface area contributed by atoms with Crippen molar-refractivity contribution in [2.75, 3.05) is 11.5 Å². The summed E-state index contributed by atoms with van der Waals surface area (Å²) in [5.41, 5.74) is 0.756. The molecule has 7 heteroatoms. The number of nitriles is 1. The number of sulfone groups is 1. The molecule has 0 aliphatic carbocycles. The van der Waals surface area contributed by atoms with E-state index in [1.54, 1.807) is 30.3 Å². The Balaban J connectivity index is 2.17. The number of benzene rings is 2. The Hall–Kier alpha value is -2.85. The zero-order valence-corrected chi connectivity index (χ0v) is 13.5. The van der Waals surface area contributed by atoms with Gasteiger partial charge in [-0.05, 0) is 49.4 Å². The average Bonchev–Trinajstić information content (AvgIpc) is 2.56. The summed E-state index contributed by atoms with van der Waals surface area (Å²) < 4.78 is 43.8. The van der Waals surface area contributed by atoms with Crippen LogP contribution in [0, 0.1) is 17.1 Å². The molecule has 0 radical (unpaired) electrons. The third-order valence-electron chi connectivity index (χ3n) is 3.54. The molecule has 0 bridgehead atoms. The molecule has 2 aromatic rings. The quantitative estimate of drug-likeness (QED) is 0.797. The van der Waals surface area contributed by atoms with Crippen LogP contribution in [0.5, 0.6) is 5.75 Å². The van der Waals surface area contributed by atoms with Crippen molar-refractivity contribution in [2.45, 2.75) is 11.8 Å². The summed E-state index contributed by atoms with van der Waals surface area (Å²) in [5.74, 6) is 0.100. The van der Waals surface area contributed by atoms with Crippen molar-refractivity contribution in [3.8, 4) is 11.8 Å². The molecule has 0 unspecified atom stereocenters. The van der Waals surface area contributed by atoms with Crippen LogP contribution in [0.4, 0.5) is 15.8 Å². The Morgan fingerprint density at radius 3 is 2.54 bits per heavy atom. The number of hydrogen-bond acceptors (Lipinski definition) is 5. The van der Waals surface area contributed by atoms with Crippen LogP contribution in [0.2, 0.25) is 0 Å². The molecule has 0 saturated heterocycles. The maximum Gasteiger partial charge on any atom is 0.220 e. The second-order valence-corrected chi connectivity index (χ2v) is 6.90. The van der Waals surface area contributed by atoms with E-state index in [9.17, 15) is 12.8 Å². The highest BCUT2D eigenvalue weighted by Crippen LogP contribution is 2.39. The summed E-state index contributed by atoms with van der Waals surface area (Å²) in [6.07, 6.45) is 1.20. The molecule has 1 aliphatic rings. The number of allylic oxidation sites excluding steroid dienone is 1. The largest absolute Gasteiger partial charge is 0.494 e. The average molecular weight is 344 g/mol. The maximum absolute atomic E-state index is 13.7. The van der Waals surface area contributed by atoms with Gasteiger partial charge in [0.1, 0.15) is 17.6 Å². The zero-order valence-electron chi connectivity index (χ0n) is 12.7. The van der Waals surface area contributed by atoms with Gasteiger partial charge in [-0.3, -0.25) is 0 Å². The fraction of sp³-hybridized carbons (Fsp3) is 0.118. The Labute approximate surface area is 139 Å². The SMILES string of the molecule is CCOc1ccc(N2C=C(C#N)S(=O)(=O)c3ccc(F)cc32)cc1. The van der Waals surface area contributed by atoms with E-state index in [-0.39, 0.29) is 10.6 Å². The third kappa shape index (κ3) is 2.61. The van der Waals surface area contributed by atoms with Crippen molar-refractivity contribution in [1.29, 1.82) is 5.26 Å². The summed E-state index contributed by atoms with van der Waals surface area (Å²) in [4.78, 5) is 0.987. The summed E-state index contributed by atoms with van der Waals surface area (Å²) in [7, 11) is -3.94. The monoisotopic (exact) mass is 344 g/mol. The zero-order chi connectivity index (χ0) is 17.3. The topological polar surface area (TPSA) is 70.4 Å². The van der Waals surface area contributed by atoms with Gasteiger partial charge in [-0.15, -0.1) is 0 Å². The van der Waals surface area contributed by atoms with Gasteiger partial charge in [-0.2, -0.15) is 5.26 Å². The van der Waals surface area contributed by atoms with Gasteiger partial charge in [0, 0.05) is 11.9 Å². The fourth-order valence-corrected chi connectivity index (χ4v) is 3.73. The van der Waals surface area contributed by atoms with Gasteiger partial charge in [0.25, 0.3) is 0 Å². The van der Waals surface area contributed by atoms with E-state index >= 15 is 0 Å². The molecule has 1 aliphatic heterocycles. The van der Waals surface area contributed by atoms with Crippen molar-refractivity contribution in [3.05, 3.63) is 59.4 Å². The highest BCUT2D eigenvalue weighted by molar-refractivity contribution is 7.95. The lowest BCUT2D eigenvalue weighted by Crippen LogP contribution is -2.21. The molecule has 24 heavy (non-hydrogen) atoms. The van der Waals surface area contributed by atoms with E-state index < -0.39 is 20.6 Å². The van der Waals surface area contributed by atoms with Gasteiger partial charge in [0.15, 0.2) is 4.91 Å². The van der Waals surface area contributed by atoms with Crippen LogP contribution in [-0.4, -0.2) is 15.0 Å². The first-order valence-corrected chi connectivity index (χ1v) is 8.64. The standard InChI is InChI=1S/C17H13FN2O3S/c1-2-23-14-6-4-13(5-7-14)20-11-15(10-19)24(21,22)17-8-3-12(18)9-16(17)20/h3-9,11H,2H2,1H3. The number of halogens is 1. The molecule has 0 saturated carbocycles. The highest BCUT2D eigenvalue weighted by atomic mass is 32.2. The molecule has 0 fully saturated rings. The molecule has 0 spiro atoms. The first kappa shape index (κ1) is 16.0. The van der Waals surface area contributed by atoms with Crippen molar-refractivity contribution < 1.29 is 17.5 Å². The summed E-state index contributed by atoms with van der Waals surface area (Å²) in [6.45, 7) is 2.39. The van der Waals surface area contributed by atoms with Crippen molar-refractivity contribution >= 4 is 21.2 Å². The van der Waals surface area contributed by atoms with Crippen molar-refractivity contribution in [1.82, 2.24) is 0 Å². The molecule has 5 nitrogen and oxygen atoms in total. The van der Waals surface area contributed by atoms with Gasteiger partial charge in [0.2, 0.25) is 9.84 Å². The minimum Gasteiger partial charge on any atom is -0.494 e. The molecule has 0 atom stereocenters. The number of hydrogen-bond donors (Lipinski definition) is 0. The number of anilines is 2. The predicted octanol–water partition coefficient (Wildman–Crippen LogP) is 3.51. The van der Waals surface area contributed by atoms with Gasteiger partial charge >= 0.3 is 0 Å². The lowest BCUT2D eigenvalue weighted by molar-refractivity contribution is 0.340. The van der Waals surface area contributed by atoms with Gasteiger partial charge in [-0.25, -0.2) is 12.8 Å². The van der Waals surface area contributed by atoms with Crippen LogP contribution in [-0.2, 0) is 9.84 Å². The smallest absolute Gasteiger partial charge is 0.220 e. The Bertz CT molecular complexity index is 960. The first-order chi connectivity index (χ1) is 11.5. The molecule has 0 aromatic heterocycles. The van der Waals surface area contributed by atoms with Crippen molar-refractivity contribution in [3.63, 3.8) is 0 Å².